The Hall–Kier alpha value is -3.88. The molecule has 0 saturated carbocycles. The minimum atomic E-state index is -0.624. The fraction of sp³-hybridized carbons (Fsp3) is 0.238. The lowest BCUT2D eigenvalue weighted by Crippen LogP contribution is -2.42. The molecule has 1 aromatic heterocycles. The largest absolute Gasteiger partial charge is 0.494 e. The zero-order valence-electron chi connectivity index (χ0n) is 16.4. The van der Waals surface area contributed by atoms with Gasteiger partial charge in [0.2, 0.25) is 5.91 Å². The second-order valence-electron chi connectivity index (χ2n) is 6.31. The molecule has 0 aliphatic carbocycles. The summed E-state index contributed by atoms with van der Waals surface area (Å²) >= 11 is 0. The number of aromatic amines is 1. The van der Waals surface area contributed by atoms with Gasteiger partial charge in [-0.25, -0.2) is 5.10 Å². The lowest BCUT2D eigenvalue weighted by molar-refractivity contribution is -0.122. The normalized spacial score (nSPS) is 10.4. The van der Waals surface area contributed by atoms with E-state index in [0.717, 1.165) is 5.75 Å². The van der Waals surface area contributed by atoms with E-state index in [1.807, 2.05) is 19.1 Å². The molecule has 9 heteroatoms. The predicted octanol–water partition coefficient (Wildman–Crippen LogP) is 1.94. The highest BCUT2D eigenvalue weighted by molar-refractivity contribution is 6.05. The van der Waals surface area contributed by atoms with Crippen molar-refractivity contribution in [2.24, 2.45) is 0 Å². The third-order valence-corrected chi connectivity index (χ3v) is 4.18. The molecule has 0 unspecified atom stereocenters. The van der Waals surface area contributed by atoms with Gasteiger partial charge in [0.1, 0.15) is 11.5 Å². The number of carbonyl (C=O) groups excluding carboxylic acids is 2. The van der Waals surface area contributed by atoms with Gasteiger partial charge in [-0.1, -0.05) is 18.2 Å². The van der Waals surface area contributed by atoms with E-state index in [-0.39, 0.29) is 18.0 Å². The van der Waals surface area contributed by atoms with E-state index in [0.29, 0.717) is 36.2 Å². The van der Waals surface area contributed by atoms with E-state index >= 15 is 0 Å². The van der Waals surface area contributed by atoms with Crippen LogP contribution in [0.2, 0.25) is 0 Å². The summed E-state index contributed by atoms with van der Waals surface area (Å²) in [6.45, 7) is 2.86. The average molecular weight is 410 g/mol. The van der Waals surface area contributed by atoms with Crippen molar-refractivity contribution in [3.05, 3.63) is 64.6 Å². The quantitative estimate of drug-likeness (QED) is 0.385. The molecule has 30 heavy (non-hydrogen) atoms. The van der Waals surface area contributed by atoms with Crippen LogP contribution in [0.3, 0.4) is 0 Å². The van der Waals surface area contributed by atoms with Crippen molar-refractivity contribution in [1.82, 2.24) is 21.0 Å². The molecule has 3 aromatic rings. The van der Waals surface area contributed by atoms with E-state index in [1.165, 1.54) is 0 Å². The van der Waals surface area contributed by atoms with Crippen LogP contribution in [0, 0.1) is 0 Å². The van der Waals surface area contributed by atoms with Gasteiger partial charge in [0.15, 0.2) is 5.69 Å². The third kappa shape index (κ3) is 5.34. The minimum Gasteiger partial charge on any atom is -0.494 e. The molecule has 156 valence electrons. The molecule has 0 radical (unpaired) electrons. The molecule has 0 spiro atoms. The molecule has 3 N–H and O–H groups in total. The highest BCUT2D eigenvalue weighted by Gasteiger charge is 2.14. The maximum absolute atomic E-state index is 12.3. The Morgan fingerprint density at radius 3 is 2.33 bits per heavy atom. The third-order valence-electron chi connectivity index (χ3n) is 4.18. The summed E-state index contributed by atoms with van der Waals surface area (Å²) in [7, 11) is 0. The summed E-state index contributed by atoms with van der Waals surface area (Å²) in [4.78, 5) is 36.0. The number of nitrogens with one attached hydrogen (secondary N) is 3. The van der Waals surface area contributed by atoms with Crippen molar-refractivity contribution in [1.29, 1.82) is 0 Å². The topological polar surface area (TPSA) is 122 Å². The van der Waals surface area contributed by atoms with Gasteiger partial charge in [0, 0.05) is 11.8 Å². The molecule has 2 amide bonds. The SMILES string of the molecule is CCOc1ccc(OCCCC(=O)NNC(=O)c2n[nH]c(=O)c3ccccc23)cc1. The molecule has 0 atom stereocenters. The Morgan fingerprint density at radius 2 is 1.63 bits per heavy atom. The number of fused-ring (bicyclic) bond motifs is 1. The van der Waals surface area contributed by atoms with Gasteiger partial charge >= 0.3 is 0 Å². The summed E-state index contributed by atoms with van der Waals surface area (Å²) in [6, 6.07) is 13.8. The number of H-pyrrole nitrogens is 1. The molecule has 0 aliphatic heterocycles. The Morgan fingerprint density at radius 1 is 0.967 bits per heavy atom. The first-order chi connectivity index (χ1) is 14.6. The number of benzene rings is 2. The van der Waals surface area contributed by atoms with Crippen molar-refractivity contribution in [2.75, 3.05) is 13.2 Å². The van der Waals surface area contributed by atoms with Crippen LogP contribution in [0.4, 0.5) is 0 Å². The molecule has 0 aliphatic rings. The molecule has 3 rings (SSSR count). The van der Waals surface area contributed by atoms with E-state index in [2.05, 4.69) is 21.0 Å². The number of ether oxygens (including phenoxy) is 2. The standard InChI is InChI=1S/C21H22N4O5/c1-2-29-14-9-11-15(12-10-14)30-13-5-8-18(26)22-25-21(28)19-16-6-3-4-7-17(16)20(27)24-23-19/h3-4,6-7,9-12H,2,5,8,13H2,1H3,(H,22,26)(H,24,27)(H,25,28). The fourth-order valence-corrected chi connectivity index (χ4v) is 2.76. The fourth-order valence-electron chi connectivity index (χ4n) is 2.76. The molecule has 0 saturated heterocycles. The number of hydrazine groups is 1. The van der Waals surface area contributed by atoms with Gasteiger partial charge in [-0.2, -0.15) is 5.10 Å². The summed E-state index contributed by atoms with van der Waals surface area (Å²) in [5.41, 5.74) is 4.28. The smallest absolute Gasteiger partial charge is 0.290 e. The molecular formula is C21H22N4O5. The summed E-state index contributed by atoms with van der Waals surface area (Å²) < 4.78 is 10.9. The van der Waals surface area contributed by atoms with E-state index in [1.54, 1.807) is 36.4 Å². The molecule has 9 nitrogen and oxygen atoms in total. The summed E-state index contributed by atoms with van der Waals surface area (Å²) in [5, 5.41) is 6.80. The lowest BCUT2D eigenvalue weighted by Gasteiger charge is -2.09. The number of carbonyl (C=O) groups is 2. The summed E-state index contributed by atoms with van der Waals surface area (Å²) in [6.07, 6.45) is 0.631. The van der Waals surface area contributed by atoms with Crippen molar-refractivity contribution in [2.45, 2.75) is 19.8 Å². The second-order valence-corrected chi connectivity index (χ2v) is 6.31. The van der Waals surface area contributed by atoms with Gasteiger partial charge in [-0.05, 0) is 43.7 Å². The van der Waals surface area contributed by atoms with Crippen LogP contribution < -0.4 is 25.9 Å². The number of nitrogens with zero attached hydrogens (tertiary/aromatic N) is 1. The van der Waals surface area contributed by atoms with Crippen LogP contribution >= 0.6 is 0 Å². The average Bonchev–Trinajstić information content (AvgIpc) is 2.77. The Labute approximate surface area is 172 Å². The summed E-state index contributed by atoms with van der Waals surface area (Å²) in [5.74, 6) is 0.460. The van der Waals surface area contributed by atoms with Gasteiger partial charge < -0.3 is 9.47 Å². The maximum atomic E-state index is 12.3. The molecular weight excluding hydrogens is 388 g/mol. The molecule has 1 heterocycles. The Kier molecular flexibility index (Phi) is 6.99. The lowest BCUT2D eigenvalue weighted by atomic mass is 10.1. The molecule has 0 fully saturated rings. The zero-order valence-corrected chi connectivity index (χ0v) is 16.4. The van der Waals surface area contributed by atoms with Crippen molar-refractivity contribution >= 4 is 22.6 Å². The van der Waals surface area contributed by atoms with Crippen LogP contribution in [0.5, 0.6) is 11.5 Å². The number of rotatable bonds is 8. The number of amides is 2. The van der Waals surface area contributed by atoms with E-state index in [9.17, 15) is 14.4 Å². The van der Waals surface area contributed by atoms with Crippen molar-refractivity contribution < 1.29 is 19.1 Å². The highest BCUT2D eigenvalue weighted by atomic mass is 16.5. The monoisotopic (exact) mass is 410 g/mol. The van der Waals surface area contributed by atoms with Crippen LogP contribution in [0.25, 0.3) is 10.8 Å². The van der Waals surface area contributed by atoms with Gasteiger partial charge in [0.05, 0.1) is 18.6 Å². The van der Waals surface area contributed by atoms with Crippen LogP contribution in [0.1, 0.15) is 30.3 Å². The van der Waals surface area contributed by atoms with E-state index < -0.39 is 11.5 Å². The molecule has 0 bridgehead atoms. The number of aromatic nitrogens is 2. The van der Waals surface area contributed by atoms with Gasteiger partial charge in [-0.3, -0.25) is 25.2 Å². The number of hydrogen-bond acceptors (Lipinski definition) is 6. The maximum Gasteiger partial charge on any atom is 0.290 e. The number of hydrogen-bond donors (Lipinski definition) is 3. The first-order valence-electron chi connectivity index (χ1n) is 9.50. The molecule has 2 aromatic carbocycles. The van der Waals surface area contributed by atoms with E-state index in [4.69, 9.17) is 9.47 Å². The van der Waals surface area contributed by atoms with Crippen LogP contribution in [0.15, 0.2) is 53.3 Å². The van der Waals surface area contributed by atoms with Crippen LogP contribution in [-0.2, 0) is 4.79 Å². The highest BCUT2D eigenvalue weighted by Crippen LogP contribution is 2.17. The Balaban J connectivity index is 1.43. The second kappa shape index (κ2) is 10.1. The van der Waals surface area contributed by atoms with Gasteiger partial charge in [0.25, 0.3) is 11.5 Å². The first-order valence-corrected chi connectivity index (χ1v) is 9.50. The van der Waals surface area contributed by atoms with Gasteiger partial charge in [-0.15, -0.1) is 0 Å². The first kappa shape index (κ1) is 20.8. The Bertz CT molecular complexity index is 1080. The van der Waals surface area contributed by atoms with Crippen molar-refractivity contribution in [3.8, 4) is 11.5 Å². The van der Waals surface area contributed by atoms with Crippen LogP contribution in [-0.4, -0.2) is 35.2 Å². The predicted molar refractivity (Wildman–Crippen MR) is 110 cm³/mol. The van der Waals surface area contributed by atoms with Crippen molar-refractivity contribution in [3.63, 3.8) is 0 Å². The minimum absolute atomic E-state index is 0.0179. The zero-order chi connectivity index (χ0) is 21.3.